The molecule has 0 saturated carbocycles. The third-order valence-electron chi connectivity index (χ3n) is 5.32. The fourth-order valence-electron chi connectivity index (χ4n) is 3.77. The van der Waals surface area contributed by atoms with E-state index in [-0.39, 0.29) is 11.8 Å². The van der Waals surface area contributed by atoms with Crippen molar-refractivity contribution in [2.24, 2.45) is 5.92 Å². The fourth-order valence-corrected chi connectivity index (χ4v) is 3.77. The summed E-state index contributed by atoms with van der Waals surface area (Å²) in [5, 5.41) is 3.31. The van der Waals surface area contributed by atoms with Crippen LogP contribution < -0.4 is 5.32 Å². The summed E-state index contributed by atoms with van der Waals surface area (Å²) in [6.07, 6.45) is 4.10. The first kappa shape index (κ1) is 17.9. The highest BCUT2D eigenvalue weighted by Gasteiger charge is 2.28. The molecule has 2 aliphatic heterocycles. The number of aryl methyl sites for hydroxylation is 1. The Labute approximate surface area is 150 Å². The van der Waals surface area contributed by atoms with Crippen LogP contribution in [0.5, 0.6) is 0 Å². The quantitative estimate of drug-likeness (QED) is 0.905. The Morgan fingerprint density at radius 3 is 2.40 bits per heavy atom. The zero-order valence-corrected chi connectivity index (χ0v) is 15.0. The van der Waals surface area contributed by atoms with Crippen LogP contribution >= 0.6 is 0 Å². The summed E-state index contributed by atoms with van der Waals surface area (Å²) < 4.78 is 0. The second kappa shape index (κ2) is 8.99. The van der Waals surface area contributed by atoms with Crippen molar-refractivity contribution in [2.75, 3.05) is 39.3 Å². The van der Waals surface area contributed by atoms with Crippen molar-refractivity contribution in [2.45, 2.75) is 32.1 Å². The molecule has 1 N–H and O–H groups in total. The Hall–Kier alpha value is -1.88. The molecule has 0 radical (unpaired) electrons. The summed E-state index contributed by atoms with van der Waals surface area (Å²) in [4.78, 5) is 29.1. The number of nitrogens with zero attached hydrogens (tertiary/aromatic N) is 2. The number of carbonyl (C=O) groups is 2. The summed E-state index contributed by atoms with van der Waals surface area (Å²) >= 11 is 0. The van der Waals surface area contributed by atoms with Crippen LogP contribution in [-0.2, 0) is 16.0 Å². The van der Waals surface area contributed by atoms with Crippen molar-refractivity contribution in [1.29, 1.82) is 0 Å². The van der Waals surface area contributed by atoms with E-state index in [0.29, 0.717) is 25.4 Å². The van der Waals surface area contributed by atoms with Gasteiger partial charge in [0.2, 0.25) is 11.8 Å². The zero-order valence-electron chi connectivity index (χ0n) is 15.0. The molecule has 1 aromatic carbocycles. The standard InChI is InChI=1S/C20H29N3O2/c24-19(8-7-17-5-2-1-3-6-17)22-13-4-14-23(16-15-22)20(25)18-9-11-21-12-10-18/h1-3,5-6,18,21H,4,7-16H2. The van der Waals surface area contributed by atoms with Gasteiger partial charge < -0.3 is 15.1 Å². The van der Waals surface area contributed by atoms with E-state index in [1.807, 2.05) is 28.0 Å². The van der Waals surface area contributed by atoms with E-state index >= 15 is 0 Å². The predicted molar refractivity (Wildman–Crippen MR) is 98.1 cm³/mol. The molecule has 0 bridgehead atoms. The lowest BCUT2D eigenvalue weighted by molar-refractivity contribution is -0.137. The number of carbonyl (C=O) groups excluding carboxylic acids is 2. The maximum Gasteiger partial charge on any atom is 0.225 e. The van der Waals surface area contributed by atoms with E-state index in [0.717, 1.165) is 51.9 Å². The van der Waals surface area contributed by atoms with E-state index in [9.17, 15) is 9.59 Å². The molecule has 25 heavy (non-hydrogen) atoms. The Morgan fingerprint density at radius 1 is 0.960 bits per heavy atom. The van der Waals surface area contributed by atoms with E-state index < -0.39 is 0 Å². The molecular weight excluding hydrogens is 314 g/mol. The zero-order chi connectivity index (χ0) is 17.5. The first-order valence-electron chi connectivity index (χ1n) is 9.55. The molecule has 0 aliphatic carbocycles. The van der Waals surface area contributed by atoms with Crippen LogP contribution in [0.25, 0.3) is 0 Å². The lowest BCUT2D eigenvalue weighted by atomic mass is 9.96. The normalized spacial score (nSPS) is 19.5. The Balaban J connectivity index is 1.47. The summed E-state index contributed by atoms with van der Waals surface area (Å²) in [6.45, 7) is 4.78. The predicted octanol–water partition coefficient (Wildman–Crippen LogP) is 1.68. The number of rotatable bonds is 4. The molecule has 2 heterocycles. The van der Waals surface area contributed by atoms with E-state index in [1.54, 1.807) is 0 Å². The molecule has 0 atom stereocenters. The van der Waals surface area contributed by atoms with Crippen LogP contribution in [0.4, 0.5) is 0 Å². The SMILES string of the molecule is O=C(CCc1ccccc1)N1CCCN(C(=O)C2CCNCC2)CC1. The molecule has 2 fully saturated rings. The maximum absolute atomic E-state index is 12.7. The number of hydrogen-bond acceptors (Lipinski definition) is 3. The molecule has 3 rings (SSSR count). The highest BCUT2D eigenvalue weighted by atomic mass is 16.2. The summed E-state index contributed by atoms with van der Waals surface area (Å²) in [5.74, 6) is 0.668. The molecule has 0 spiro atoms. The van der Waals surface area contributed by atoms with Crippen LogP contribution in [-0.4, -0.2) is 60.9 Å². The van der Waals surface area contributed by atoms with Crippen LogP contribution in [0.2, 0.25) is 0 Å². The number of amides is 2. The molecule has 0 aromatic heterocycles. The first-order chi connectivity index (χ1) is 12.2. The van der Waals surface area contributed by atoms with Gasteiger partial charge in [0.15, 0.2) is 0 Å². The minimum Gasteiger partial charge on any atom is -0.341 e. The molecule has 2 aliphatic rings. The summed E-state index contributed by atoms with van der Waals surface area (Å²) in [7, 11) is 0. The van der Waals surface area contributed by atoms with Crippen LogP contribution in [0.15, 0.2) is 30.3 Å². The molecule has 136 valence electrons. The second-order valence-corrected chi connectivity index (χ2v) is 7.07. The Kier molecular flexibility index (Phi) is 6.45. The fraction of sp³-hybridized carbons (Fsp3) is 0.600. The average Bonchev–Trinajstić information content (AvgIpc) is 2.93. The van der Waals surface area contributed by atoms with Crippen molar-refractivity contribution in [3.05, 3.63) is 35.9 Å². The van der Waals surface area contributed by atoms with Crippen molar-refractivity contribution in [3.8, 4) is 0 Å². The van der Waals surface area contributed by atoms with Gasteiger partial charge in [0.05, 0.1) is 0 Å². The molecule has 5 heteroatoms. The van der Waals surface area contributed by atoms with Crippen LogP contribution in [0.3, 0.4) is 0 Å². The first-order valence-corrected chi connectivity index (χ1v) is 9.55. The number of nitrogens with one attached hydrogen (secondary N) is 1. The summed E-state index contributed by atoms with van der Waals surface area (Å²) in [6, 6.07) is 10.1. The van der Waals surface area contributed by atoms with Crippen molar-refractivity contribution < 1.29 is 9.59 Å². The van der Waals surface area contributed by atoms with Gasteiger partial charge >= 0.3 is 0 Å². The van der Waals surface area contributed by atoms with E-state index in [4.69, 9.17) is 0 Å². The number of hydrogen-bond donors (Lipinski definition) is 1. The van der Waals surface area contributed by atoms with Gasteiger partial charge in [0, 0.05) is 38.5 Å². The van der Waals surface area contributed by atoms with Gasteiger partial charge in [0.25, 0.3) is 0 Å². The van der Waals surface area contributed by atoms with Crippen molar-refractivity contribution in [1.82, 2.24) is 15.1 Å². The third-order valence-corrected chi connectivity index (χ3v) is 5.32. The van der Waals surface area contributed by atoms with Gasteiger partial charge in [-0.15, -0.1) is 0 Å². The lowest BCUT2D eigenvalue weighted by Gasteiger charge is -2.28. The monoisotopic (exact) mass is 343 g/mol. The third kappa shape index (κ3) is 5.05. The highest BCUT2D eigenvalue weighted by molar-refractivity contribution is 5.79. The summed E-state index contributed by atoms with van der Waals surface area (Å²) in [5.41, 5.74) is 1.20. The smallest absolute Gasteiger partial charge is 0.225 e. The van der Waals surface area contributed by atoms with E-state index in [2.05, 4.69) is 17.4 Å². The van der Waals surface area contributed by atoms with Crippen LogP contribution in [0.1, 0.15) is 31.2 Å². The van der Waals surface area contributed by atoms with Gasteiger partial charge in [-0.2, -0.15) is 0 Å². The van der Waals surface area contributed by atoms with Gasteiger partial charge in [0.1, 0.15) is 0 Å². The van der Waals surface area contributed by atoms with Crippen molar-refractivity contribution in [3.63, 3.8) is 0 Å². The number of piperidine rings is 1. The van der Waals surface area contributed by atoms with E-state index in [1.165, 1.54) is 5.56 Å². The maximum atomic E-state index is 12.7. The Morgan fingerprint density at radius 2 is 1.64 bits per heavy atom. The van der Waals surface area contributed by atoms with Gasteiger partial charge in [-0.1, -0.05) is 30.3 Å². The largest absolute Gasteiger partial charge is 0.341 e. The minimum atomic E-state index is 0.168. The second-order valence-electron chi connectivity index (χ2n) is 7.07. The van der Waals surface area contributed by atoms with Gasteiger partial charge in [-0.3, -0.25) is 9.59 Å². The molecule has 2 saturated heterocycles. The van der Waals surface area contributed by atoms with Gasteiger partial charge in [-0.05, 0) is 44.3 Å². The average molecular weight is 343 g/mol. The number of benzene rings is 1. The molecule has 0 unspecified atom stereocenters. The Bertz CT molecular complexity index is 570. The topological polar surface area (TPSA) is 52.7 Å². The molecule has 2 amide bonds. The highest BCUT2D eigenvalue weighted by Crippen LogP contribution is 2.17. The van der Waals surface area contributed by atoms with Gasteiger partial charge in [-0.25, -0.2) is 0 Å². The lowest BCUT2D eigenvalue weighted by Crippen LogP contribution is -2.43. The molecule has 1 aromatic rings. The van der Waals surface area contributed by atoms with Crippen molar-refractivity contribution >= 4 is 11.8 Å². The molecule has 5 nitrogen and oxygen atoms in total. The molecular formula is C20H29N3O2. The van der Waals surface area contributed by atoms with Crippen LogP contribution in [0, 0.1) is 5.92 Å². The minimum absolute atomic E-state index is 0.168.